The Morgan fingerprint density at radius 3 is 1.77 bits per heavy atom. The first-order chi connectivity index (χ1) is 6.17. The lowest BCUT2D eigenvalue weighted by molar-refractivity contribution is -0.0110. The molecule has 80 valence electrons. The first-order valence-electron chi connectivity index (χ1n) is 3.78. The molecule has 0 aliphatic rings. The maximum absolute atomic E-state index is 8.94. The van der Waals surface area contributed by atoms with E-state index in [1.54, 1.807) is 0 Å². The molecule has 0 fully saturated rings. The van der Waals surface area contributed by atoms with Crippen LogP contribution in [0.3, 0.4) is 0 Å². The minimum atomic E-state index is -3.09. The molecule has 6 nitrogen and oxygen atoms in total. The van der Waals surface area contributed by atoms with Crippen molar-refractivity contribution in [2.75, 3.05) is 33.7 Å². The Kier molecular flexibility index (Phi) is 6.42. The van der Waals surface area contributed by atoms with Crippen LogP contribution in [0.15, 0.2) is 0 Å². The van der Waals surface area contributed by atoms with Gasteiger partial charge in [-0.05, 0) is 0 Å². The van der Waals surface area contributed by atoms with Gasteiger partial charge in [-0.3, -0.25) is 0 Å². The average Bonchev–Trinajstić information content (AvgIpc) is 2.21. The first-order valence-corrected chi connectivity index (χ1v) is 5.72. The van der Waals surface area contributed by atoms with Gasteiger partial charge in [0.05, 0.1) is 19.3 Å². The Balaban J connectivity index is 4.21. The summed E-state index contributed by atoms with van der Waals surface area (Å²) in [7, 11) is -0.397. The third-order valence-electron chi connectivity index (χ3n) is 1.57. The van der Waals surface area contributed by atoms with Gasteiger partial charge in [0.1, 0.15) is 6.23 Å². The summed E-state index contributed by atoms with van der Waals surface area (Å²) in [5, 5.41) is 26.4. The van der Waals surface area contributed by atoms with E-state index in [9.17, 15) is 0 Å². The quantitative estimate of drug-likeness (QED) is 0.428. The normalized spacial score (nSPS) is 12.5. The van der Waals surface area contributed by atoms with E-state index >= 15 is 0 Å². The zero-order valence-corrected chi connectivity index (χ0v) is 8.77. The second-order valence-electron chi connectivity index (χ2n) is 2.35. The van der Waals surface area contributed by atoms with E-state index < -0.39 is 21.1 Å². The first kappa shape index (κ1) is 13.0. The highest BCUT2D eigenvalue weighted by Gasteiger charge is 2.40. The highest BCUT2D eigenvalue weighted by molar-refractivity contribution is 6.60. The van der Waals surface area contributed by atoms with Crippen molar-refractivity contribution in [2.24, 2.45) is 0 Å². The molecular weight excluding hydrogens is 196 g/mol. The van der Waals surface area contributed by atoms with Gasteiger partial charge < -0.3 is 28.6 Å². The Labute approximate surface area is 78.0 Å². The van der Waals surface area contributed by atoms with Crippen molar-refractivity contribution >= 4 is 8.80 Å². The Morgan fingerprint density at radius 1 is 1.08 bits per heavy atom. The van der Waals surface area contributed by atoms with Crippen LogP contribution in [0.1, 0.15) is 0 Å². The molecule has 0 spiro atoms. The van der Waals surface area contributed by atoms with Gasteiger partial charge in [0.2, 0.25) is 0 Å². The maximum Gasteiger partial charge on any atom is 0.527 e. The Morgan fingerprint density at radius 2 is 1.54 bits per heavy atom. The minimum absolute atomic E-state index is 0.349. The van der Waals surface area contributed by atoms with E-state index in [4.69, 9.17) is 28.6 Å². The SMILES string of the molecule is CO[Si](CO)(OC)OC(CO)CO. The van der Waals surface area contributed by atoms with Crippen LogP contribution >= 0.6 is 0 Å². The Bertz CT molecular complexity index is 116. The molecule has 0 radical (unpaired) electrons. The number of hydrogen-bond donors (Lipinski definition) is 3. The summed E-state index contributed by atoms with van der Waals surface area (Å²) in [6.07, 6.45) is -1.17. The van der Waals surface area contributed by atoms with E-state index in [2.05, 4.69) is 0 Å². The van der Waals surface area contributed by atoms with E-state index in [1.165, 1.54) is 14.2 Å². The molecular formula is C6H16O6Si. The van der Waals surface area contributed by atoms with Crippen molar-refractivity contribution in [3.05, 3.63) is 0 Å². The van der Waals surface area contributed by atoms with Crippen LogP contribution < -0.4 is 0 Å². The molecule has 0 aromatic rings. The number of aliphatic hydroxyl groups is 3. The molecule has 0 saturated carbocycles. The molecule has 0 rings (SSSR count). The largest absolute Gasteiger partial charge is 0.527 e. The van der Waals surface area contributed by atoms with Crippen molar-refractivity contribution in [2.45, 2.75) is 6.10 Å². The third-order valence-corrected chi connectivity index (χ3v) is 3.89. The second-order valence-corrected chi connectivity index (χ2v) is 5.09. The van der Waals surface area contributed by atoms with Crippen LogP contribution in [-0.2, 0) is 13.3 Å². The Hall–Kier alpha value is -0.0231. The summed E-state index contributed by atoms with van der Waals surface area (Å²) in [4.78, 5) is 0. The fourth-order valence-electron chi connectivity index (χ4n) is 0.732. The number of rotatable bonds is 7. The molecule has 0 aliphatic heterocycles. The third kappa shape index (κ3) is 3.69. The van der Waals surface area contributed by atoms with Gasteiger partial charge in [-0.25, -0.2) is 0 Å². The molecule has 0 aromatic carbocycles. The van der Waals surface area contributed by atoms with E-state index in [0.29, 0.717) is 0 Å². The van der Waals surface area contributed by atoms with Crippen molar-refractivity contribution in [3.63, 3.8) is 0 Å². The molecule has 0 aliphatic carbocycles. The molecule has 0 saturated heterocycles. The highest BCUT2D eigenvalue weighted by Crippen LogP contribution is 2.09. The van der Waals surface area contributed by atoms with Crippen LogP contribution in [0.25, 0.3) is 0 Å². The molecule has 0 aromatic heterocycles. The van der Waals surface area contributed by atoms with Gasteiger partial charge in [-0.2, -0.15) is 0 Å². The topological polar surface area (TPSA) is 88.4 Å². The zero-order valence-electron chi connectivity index (χ0n) is 7.77. The number of aliphatic hydroxyl groups excluding tert-OH is 3. The average molecular weight is 212 g/mol. The van der Waals surface area contributed by atoms with Gasteiger partial charge in [-0.15, -0.1) is 0 Å². The van der Waals surface area contributed by atoms with Crippen molar-refractivity contribution in [3.8, 4) is 0 Å². The fraction of sp³-hybridized carbons (Fsp3) is 1.00. The summed E-state index contributed by atoms with van der Waals surface area (Å²) in [5.74, 6) is 0. The van der Waals surface area contributed by atoms with Gasteiger partial charge in [0.15, 0.2) is 0 Å². The van der Waals surface area contributed by atoms with Crippen LogP contribution in [0.4, 0.5) is 0 Å². The summed E-state index contributed by atoms with van der Waals surface area (Å²) in [6, 6.07) is 0. The predicted octanol–water partition coefficient (Wildman–Crippen LogP) is -1.88. The lowest BCUT2D eigenvalue weighted by Crippen LogP contribution is -2.52. The van der Waals surface area contributed by atoms with E-state index in [1.807, 2.05) is 0 Å². The smallest absolute Gasteiger partial charge is 0.394 e. The molecule has 0 bridgehead atoms. The van der Waals surface area contributed by atoms with Crippen LogP contribution in [0.2, 0.25) is 0 Å². The van der Waals surface area contributed by atoms with Gasteiger partial charge in [0, 0.05) is 14.2 Å². The van der Waals surface area contributed by atoms with Crippen LogP contribution in [0.5, 0.6) is 0 Å². The highest BCUT2D eigenvalue weighted by atomic mass is 28.4. The van der Waals surface area contributed by atoms with Crippen molar-refractivity contribution < 1.29 is 28.6 Å². The van der Waals surface area contributed by atoms with Crippen molar-refractivity contribution in [1.82, 2.24) is 0 Å². The molecule has 7 heteroatoms. The summed E-state index contributed by atoms with van der Waals surface area (Å²) >= 11 is 0. The number of hydrogen-bond acceptors (Lipinski definition) is 6. The maximum atomic E-state index is 8.94. The molecule has 13 heavy (non-hydrogen) atoms. The molecule has 0 unspecified atom stereocenters. The summed E-state index contributed by atoms with van der Waals surface area (Å²) in [5.41, 5.74) is 0. The van der Waals surface area contributed by atoms with E-state index in [-0.39, 0.29) is 13.2 Å². The summed E-state index contributed by atoms with van der Waals surface area (Å²) < 4.78 is 14.9. The lowest BCUT2D eigenvalue weighted by atomic mass is 10.4. The van der Waals surface area contributed by atoms with Crippen LogP contribution in [-0.4, -0.2) is 63.9 Å². The van der Waals surface area contributed by atoms with Gasteiger partial charge in [-0.1, -0.05) is 0 Å². The zero-order chi connectivity index (χ0) is 10.3. The minimum Gasteiger partial charge on any atom is -0.394 e. The standard InChI is InChI=1S/C6H16O6Si/c1-10-13(5-9,11-2)12-6(3-7)4-8/h6-9H,3-5H2,1-2H3. The van der Waals surface area contributed by atoms with Crippen molar-refractivity contribution in [1.29, 1.82) is 0 Å². The predicted molar refractivity (Wildman–Crippen MR) is 45.9 cm³/mol. The summed E-state index contributed by atoms with van der Waals surface area (Å²) in [6.45, 7) is -0.698. The van der Waals surface area contributed by atoms with E-state index in [0.717, 1.165) is 0 Å². The molecule has 0 amide bonds. The van der Waals surface area contributed by atoms with Gasteiger partial charge in [0.25, 0.3) is 0 Å². The second kappa shape index (κ2) is 6.43. The fourth-order valence-corrected chi connectivity index (χ4v) is 2.08. The molecule has 0 heterocycles. The lowest BCUT2D eigenvalue weighted by Gasteiger charge is -2.27. The van der Waals surface area contributed by atoms with Crippen LogP contribution in [0, 0.1) is 0 Å². The van der Waals surface area contributed by atoms with Gasteiger partial charge >= 0.3 is 8.80 Å². The molecule has 3 N–H and O–H groups in total. The molecule has 0 atom stereocenters. The monoisotopic (exact) mass is 212 g/mol.